The molecule has 0 saturated heterocycles. The average molecular weight is 632 g/mol. The summed E-state index contributed by atoms with van der Waals surface area (Å²) in [5.41, 5.74) is 0.753. The quantitative estimate of drug-likeness (QED) is 0.196. The zero-order valence-corrected chi connectivity index (χ0v) is 25.6. The molecule has 6 aromatic rings. The molecular weight excluding hydrogens is 602 g/mol. The van der Waals surface area contributed by atoms with Gasteiger partial charge in [-0.2, -0.15) is 9.78 Å². The van der Waals surface area contributed by atoms with Crippen LogP contribution in [0.4, 0.5) is 16.3 Å². The van der Waals surface area contributed by atoms with E-state index in [1.807, 2.05) is 44.2 Å². The molecule has 3 amide bonds. The maximum absolute atomic E-state index is 13.6. The molecule has 0 aliphatic heterocycles. The highest BCUT2D eigenvalue weighted by Crippen LogP contribution is 2.30. The second-order valence-electron chi connectivity index (χ2n) is 11.0. The normalized spacial score (nSPS) is 11.2. The number of anilines is 2. The Kier molecular flexibility index (Phi) is 8.10. The Morgan fingerprint density at radius 3 is 2.19 bits per heavy atom. The van der Waals surface area contributed by atoms with Crippen molar-refractivity contribution in [3.05, 3.63) is 126 Å². The lowest BCUT2D eigenvalue weighted by Crippen LogP contribution is -2.40. The molecule has 0 fully saturated rings. The van der Waals surface area contributed by atoms with E-state index in [2.05, 4.69) is 26.1 Å². The van der Waals surface area contributed by atoms with Crippen LogP contribution in [0.25, 0.3) is 11.1 Å². The van der Waals surface area contributed by atoms with E-state index < -0.39 is 29.4 Å². The number of fused-ring (bicyclic) bond motifs is 1. The van der Waals surface area contributed by atoms with Crippen LogP contribution in [0.3, 0.4) is 0 Å². The fraction of sp³-hybridized carbons (Fsp3) is 0.118. The van der Waals surface area contributed by atoms with Crippen LogP contribution in [0, 0.1) is 0 Å². The predicted octanol–water partition coefficient (Wildman–Crippen LogP) is 5.58. The lowest BCUT2D eigenvalue weighted by molar-refractivity contribution is 0.0885. The van der Waals surface area contributed by atoms with Gasteiger partial charge in [-0.15, -0.1) is 5.10 Å². The molecule has 0 aliphatic carbocycles. The Hall–Kier alpha value is -6.50. The molecule has 3 aromatic heterocycles. The van der Waals surface area contributed by atoms with E-state index in [1.165, 1.54) is 23.0 Å². The molecule has 0 spiro atoms. The molecule has 0 saturated carbocycles. The number of hydrogen-bond donors (Lipinski definition) is 3. The fourth-order valence-corrected chi connectivity index (χ4v) is 4.89. The summed E-state index contributed by atoms with van der Waals surface area (Å²) in [6, 6.07) is 27.0. The Balaban J connectivity index is 1.32. The SMILES string of the molecule is Cn1nccc1C(=O)Nc1ccccc1C(=O)Nc1nn(C(=O)Oc2ccccc2)c2cc(C(=O)NC(C)(C)c3ccccc3)oc12. The standard InChI is InChI=1S/C34H29N7O6/c1-34(2,21-12-6-4-7-13-21)38-32(44)27-20-26-28(47-27)29(39-41(26)33(45)46-22-14-8-5-9-15-22)37-30(42)23-16-10-11-17-24(23)36-31(43)25-18-19-35-40(25)3/h4-20H,1-3H3,(H,36,43)(H,38,44)(H,37,39,42). The Morgan fingerprint density at radius 1 is 0.809 bits per heavy atom. The fourth-order valence-electron chi connectivity index (χ4n) is 4.89. The first-order chi connectivity index (χ1) is 22.6. The minimum absolute atomic E-state index is 0.0394. The minimum Gasteiger partial charge on any atom is -0.445 e. The van der Waals surface area contributed by atoms with Crippen molar-refractivity contribution in [1.82, 2.24) is 24.9 Å². The van der Waals surface area contributed by atoms with E-state index >= 15 is 0 Å². The molecule has 13 heteroatoms. The number of rotatable bonds is 8. The summed E-state index contributed by atoms with van der Waals surface area (Å²) in [5.74, 6) is -1.71. The molecular formula is C34H29N7O6. The van der Waals surface area contributed by atoms with Crippen molar-refractivity contribution in [2.45, 2.75) is 19.4 Å². The first kappa shape index (κ1) is 30.5. The van der Waals surface area contributed by atoms with Crippen molar-refractivity contribution in [1.29, 1.82) is 0 Å². The largest absolute Gasteiger partial charge is 0.445 e. The molecule has 0 radical (unpaired) electrons. The third-order valence-corrected chi connectivity index (χ3v) is 7.33. The Morgan fingerprint density at radius 2 is 1.49 bits per heavy atom. The van der Waals surface area contributed by atoms with E-state index in [9.17, 15) is 19.2 Å². The monoisotopic (exact) mass is 631 g/mol. The number of para-hydroxylation sites is 2. The van der Waals surface area contributed by atoms with Crippen molar-refractivity contribution >= 4 is 46.4 Å². The average Bonchev–Trinajstić information content (AvgIpc) is 3.78. The van der Waals surface area contributed by atoms with Gasteiger partial charge >= 0.3 is 6.09 Å². The van der Waals surface area contributed by atoms with Gasteiger partial charge in [0.05, 0.1) is 16.8 Å². The highest BCUT2D eigenvalue weighted by atomic mass is 16.6. The second-order valence-corrected chi connectivity index (χ2v) is 11.0. The number of benzene rings is 3. The van der Waals surface area contributed by atoms with Gasteiger partial charge in [-0.3, -0.25) is 19.1 Å². The maximum Gasteiger partial charge on any atom is 0.440 e. The summed E-state index contributed by atoms with van der Waals surface area (Å²) in [4.78, 5) is 53.2. The van der Waals surface area contributed by atoms with Gasteiger partial charge in [-0.1, -0.05) is 60.7 Å². The zero-order valence-electron chi connectivity index (χ0n) is 25.6. The summed E-state index contributed by atoms with van der Waals surface area (Å²) in [6.07, 6.45) is 0.584. The van der Waals surface area contributed by atoms with Gasteiger partial charge in [0, 0.05) is 19.3 Å². The number of nitrogens with zero attached hydrogens (tertiary/aromatic N) is 4. The Bertz CT molecular complexity index is 2110. The van der Waals surface area contributed by atoms with Crippen molar-refractivity contribution < 1.29 is 28.3 Å². The lowest BCUT2D eigenvalue weighted by Gasteiger charge is -2.26. The van der Waals surface area contributed by atoms with Crippen molar-refractivity contribution in [3.63, 3.8) is 0 Å². The van der Waals surface area contributed by atoms with Crippen LogP contribution in [-0.2, 0) is 12.6 Å². The number of nitrogens with one attached hydrogen (secondary N) is 3. The van der Waals surface area contributed by atoms with Crippen molar-refractivity contribution in [3.8, 4) is 5.75 Å². The van der Waals surface area contributed by atoms with Crippen LogP contribution >= 0.6 is 0 Å². The van der Waals surface area contributed by atoms with Crippen molar-refractivity contribution in [2.24, 2.45) is 7.05 Å². The zero-order chi connectivity index (χ0) is 33.1. The van der Waals surface area contributed by atoms with Crippen LogP contribution in [-0.4, -0.2) is 43.4 Å². The molecule has 0 bridgehead atoms. The smallest absolute Gasteiger partial charge is 0.440 e. The second kappa shape index (κ2) is 12.5. The molecule has 236 valence electrons. The van der Waals surface area contributed by atoms with Gasteiger partial charge < -0.3 is 25.1 Å². The van der Waals surface area contributed by atoms with E-state index in [0.29, 0.717) is 0 Å². The minimum atomic E-state index is -0.900. The number of aromatic nitrogens is 4. The molecule has 3 heterocycles. The van der Waals surface area contributed by atoms with Gasteiger partial charge in [0.2, 0.25) is 0 Å². The summed E-state index contributed by atoms with van der Waals surface area (Å²) >= 11 is 0. The molecule has 3 aromatic carbocycles. The third-order valence-electron chi connectivity index (χ3n) is 7.33. The number of carbonyl (C=O) groups excluding carboxylic acids is 4. The molecule has 0 aliphatic rings. The van der Waals surface area contributed by atoms with Gasteiger partial charge in [0.15, 0.2) is 17.2 Å². The van der Waals surface area contributed by atoms with Gasteiger partial charge in [-0.25, -0.2) is 4.79 Å². The van der Waals surface area contributed by atoms with Gasteiger partial charge in [0.25, 0.3) is 17.7 Å². The van der Waals surface area contributed by atoms with E-state index in [-0.39, 0.29) is 45.4 Å². The Labute approximate surface area is 268 Å². The first-order valence-electron chi connectivity index (χ1n) is 14.5. The topological polar surface area (TPSA) is 162 Å². The first-order valence-corrected chi connectivity index (χ1v) is 14.5. The highest BCUT2D eigenvalue weighted by Gasteiger charge is 2.29. The molecule has 0 atom stereocenters. The molecule has 6 rings (SSSR count). The van der Waals surface area contributed by atoms with E-state index in [4.69, 9.17) is 9.15 Å². The van der Waals surface area contributed by atoms with Crippen molar-refractivity contribution in [2.75, 3.05) is 10.6 Å². The van der Waals surface area contributed by atoms with Crippen LogP contribution in [0.15, 0.2) is 108 Å². The number of hydrogen-bond acceptors (Lipinski definition) is 8. The lowest BCUT2D eigenvalue weighted by atomic mass is 9.94. The van der Waals surface area contributed by atoms with E-state index in [0.717, 1.165) is 10.2 Å². The predicted molar refractivity (Wildman–Crippen MR) is 172 cm³/mol. The highest BCUT2D eigenvalue weighted by molar-refractivity contribution is 6.14. The summed E-state index contributed by atoms with van der Waals surface area (Å²) < 4.78 is 13.7. The third kappa shape index (κ3) is 6.35. The number of aryl methyl sites for hydroxylation is 1. The number of furan rings is 1. The molecule has 47 heavy (non-hydrogen) atoms. The summed E-state index contributed by atoms with van der Waals surface area (Å²) in [5, 5.41) is 16.6. The molecule has 13 nitrogen and oxygen atoms in total. The van der Waals surface area contributed by atoms with Gasteiger partial charge in [0.1, 0.15) is 17.0 Å². The summed E-state index contributed by atoms with van der Waals surface area (Å²) in [7, 11) is 1.62. The number of ether oxygens (including phenoxy) is 1. The molecule has 0 unspecified atom stereocenters. The molecule has 3 N–H and O–H groups in total. The van der Waals surface area contributed by atoms with Crippen LogP contribution < -0.4 is 20.7 Å². The van der Waals surface area contributed by atoms with Crippen LogP contribution in [0.1, 0.15) is 50.8 Å². The maximum atomic E-state index is 13.6. The number of carbonyl (C=O) groups is 4. The number of amides is 3. The van der Waals surface area contributed by atoms with Crippen LogP contribution in [0.5, 0.6) is 5.75 Å². The van der Waals surface area contributed by atoms with Gasteiger partial charge in [-0.05, 0) is 49.7 Å². The summed E-state index contributed by atoms with van der Waals surface area (Å²) in [6.45, 7) is 3.69. The van der Waals surface area contributed by atoms with Crippen LogP contribution in [0.2, 0.25) is 0 Å². The van der Waals surface area contributed by atoms with E-state index in [1.54, 1.807) is 61.6 Å².